The molecule has 0 unspecified atom stereocenters. The van der Waals surface area contributed by atoms with Gasteiger partial charge in [-0.05, 0) is 30.4 Å². The monoisotopic (exact) mass is 280 g/mol. The van der Waals surface area contributed by atoms with Crippen molar-refractivity contribution in [3.8, 4) is 0 Å². The van der Waals surface area contributed by atoms with E-state index in [0.29, 0.717) is 6.42 Å². The van der Waals surface area contributed by atoms with Gasteiger partial charge in [0.1, 0.15) is 0 Å². The molecule has 1 aromatic carbocycles. The van der Waals surface area contributed by atoms with E-state index in [9.17, 15) is 9.59 Å². The molecule has 0 aliphatic carbocycles. The van der Waals surface area contributed by atoms with Crippen molar-refractivity contribution in [3.63, 3.8) is 0 Å². The molecule has 0 heterocycles. The first-order valence-corrected chi connectivity index (χ1v) is 7.00. The van der Waals surface area contributed by atoms with Crippen LogP contribution in [0.5, 0.6) is 0 Å². The molecule has 1 rings (SSSR count). The number of carboxylic acids is 2. The number of aliphatic carboxylic acids is 2. The minimum atomic E-state index is -1.26. The van der Waals surface area contributed by atoms with Gasteiger partial charge >= 0.3 is 11.9 Å². The fourth-order valence-corrected chi connectivity index (χ4v) is 1.89. The van der Waals surface area contributed by atoms with Crippen molar-refractivity contribution in [1.82, 2.24) is 0 Å². The molecule has 0 aromatic heterocycles. The molecule has 0 amide bonds. The largest absolute Gasteiger partial charge is 0.481 e. The van der Waals surface area contributed by atoms with E-state index >= 15 is 0 Å². The van der Waals surface area contributed by atoms with Gasteiger partial charge in [0.05, 0.1) is 0 Å². The summed E-state index contributed by atoms with van der Waals surface area (Å²) in [7, 11) is 0. The highest BCUT2D eigenvalue weighted by Crippen LogP contribution is 2.09. The van der Waals surface area contributed by atoms with Crippen molar-refractivity contribution in [2.75, 3.05) is 0 Å². The molecule has 0 saturated carbocycles. The summed E-state index contributed by atoms with van der Waals surface area (Å²) in [5.41, 5.74) is 2.98. The second-order valence-corrected chi connectivity index (χ2v) is 4.49. The molecule has 1 aromatic rings. The molecule has 0 aliphatic rings. The van der Waals surface area contributed by atoms with Crippen molar-refractivity contribution in [2.24, 2.45) is 5.92 Å². The minimum Gasteiger partial charge on any atom is -0.481 e. The molecule has 20 heavy (non-hydrogen) atoms. The fraction of sp³-hybridized carbons (Fsp3) is 0.500. The van der Waals surface area contributed by atoms with Crippen LogP contribution in [-0.4, -0.2) is 22.2 Å². The maximum atomic E-state index is 10.2. The molecule has 0 atom stereocenters. The zero-order valence-corrected chi connectivity index (χ0v) is 12.4. The van der Waals surface area contributed by atoms with Crippen molar-refractivity contribution < 1.29 is 19.8 Å². The van der Waals surface area contributed by atoms with Gasteiger partial charge in [-0.15, -0.1) is 0 Å². The van der Waals surface area contributed by atoms with Gasteiger partial charge in [0.25, 0.3) is 0 Å². The third-order valence-electron chi connectivity index (χ3n) is 3.05. The van der Waals surface area contributed by atoms with Crippen LogP contribution in [0, 0.1) is 5.92 Å². The van der Waals surface area contributed by atoms with E-state index in [2.05, 4.69) is 38.1 Å². The molecule has 0 fully saturated rings. The average Bonchev–Trinajstić information content (AvgIpc) is 2.44. The summed E-state index contributed by atoms with van der Waals surface area (Å²) in [4.78, 5) is 20.3. The number of rotatable bonds is 6. The molecule has 0 saturated heterocycles. The molecule has 0 bridgehead atoms. The molecule has 112 valence electrons. The number of carboxylic acid groups (broad SMARTS) is 2. The lowest BCUT2D eigenvalue weighted by Gasteiger charge is -2.02. The van der Waals surface area contributed by atoms with Crippen molar-refractivity contribution in [1.29, 1.82) is 0 Å². The first kappa shape index (κ1) is 18.2. The summed E-state index contributed by atoms with van der Waals surface area (Å²) in [6.45, 7) is 6.15. The van der Waals surface area contributed by atoms with Crippen molar-refractivity contribution in [3.05, 3.63) is 35.4 Å². The normalized spacial score (nSPS) is 9.80. The predicted molar refractivity (Wildman–Crippen MR) is 78.9 cm³/mol. The lowest BCUT2D eigenvalue weighted by atomic mass is 10.0. The Bertz CT molecular complexity index is 389. The Morgan fingerprint density at radius 3 is 1.55 bits per heavy atom. The zero-order chi connectivity index (χ0) is 15.5. The Morgan fingerprint density at radius 1 is 0.950 bits per heavy atom. The third kappa shape index (κ3) is 6.36. The number of aryl methyl sites for hydroxylation is 2. The van der Waals surface area contributed by atoms with Gasteiger partial charge < -0.3 is 10.2 Å². The van der Waals surface area contributed by atoms with Gasteiger partial charge in [0.2, 0.25) is 0 Å². The molecule has 0 spiro atoms. The van der Waals surface area contributed by atoms with Gasteiger partial charge in [0.15, 0.2) is 5.92 Å². The van der Waals surface area contributed by atoms with E-state index < -0.39 is 17.9 Å². The summed E-state index contributed by atoms with van der Waals surface area (Å²) < 4.78 is 0. The second-order valence-electron chi connectivity index (χ2n) is 4.49. The highest BCUT2D eigenvalue weighted by Gasteiger charge is 2.23. The van der Waals surface area contributed by atoms with Crippen LogP contribution in [0.15, 0.2) is 24.3 Å². The molecule has 0 aliphatic heterocycles. The SMILES string of the molecule is CCCC(C(=O)O)C(=O)O.CCc1ccccc1CC. The Labute approximate surface area is 120 Å². The second kappa shape index (κ2) is 10.0. The van der Waals surface area contributed by atoms with E-state index in [1.165, 1.54) is 11.1 Å². The Hall–Kier alpha value is -1.84. The maximum Gasteiger partial charge on any atom is 0.317 e. The summed E-state index contributed by atoms with van der Waals surface area (Å²) in [6, 6.07) is 8.63. The van der Waals surface area contributed by atoms with Crippen molar-refractivity contribution in [2.45, 2.75) is 46.5 Å². The highest BCUT2D eigenvalue weighted by atomic mass is 16.4. The van der Waals surface area contributed by atoms with Crippen LogP contribution < -0.4 is 0 Å². The maximum absolute atomic E-state index is 10.2. The molecule has 4 nitrogen and oxygen atoms in total. The van der Waals surface area contributed by atoms with Crippen LogP contribution in [0.1, 0.15) is 44.7 Å². The number of hydrogen-bond acceptors (Lipinski definition) is 2. The van der Waals surface area contributed by atoms with E-state index in [1.807, 2.05) is 0 Å². The standard InChI is InChI=1S/C10H14.C6H10O4/c1-3-9-7-5-6-8-10(9)4-2;1-2-3-4(5(7)8)6(9)10/h5-8H,3-4H2,1-2H3;4H,2-3H2,1H3,(H,7,8)(H,9,10). The van der Waals surface area contributed by atoms with Gasteiger partial charge in [-0.2, -0.15) is 0 Å². The van der Waals surface area contributed by atoms with Crippen LogP contribution in [0.4, 0.5) is 0 Å². The zero-order valence-electron chi connectivity index (χ0n) is 12.4. The van der Waals surface area contributed by atoms with E-state index in [0.717, 1.165) is 12.8 Å². The minimum absolute atomic E-state index is 0.199. The average molecular weight is 280 g/mol. The van der Waals surface area contributed by atoms with Crippen LogP contribution in [0.25, 0.3) is 0 Å². The first-order chi connectivity index (χ1) is 9.47. The molecular formula is C16H24O4. The Balaban J connectivity index is 0.000000361. The predicted octanol–water partition coefficient (Wildman–Crippen LogP) is 3.38. The highest BCUT2D eigenvalue weighted by molar-refractivity contribution is 5.92. The summed E-state index contributed by atoms with van der Waals surface area (Å²) in [5, 5.41) is 16.6. The smallest absolute Gasteiger partial charge is 0.317 e. The quantitative estimate of drug-likeness (QED) is 0.783. The first-order valence-electron chi connectivity index (χ1n) is 7.00. The number of benzene rings is 1. The molecule has 2 N–H and O–H groups in total. The van der Waals surface area contributed by atoms with Crippen molar-refractivity contribution >= 4 is 11.9 Å². The topological polar surface area (TPSA) is 74.6 Å². The third-order valence-corrected chi connectivity index (χ3v) is 3.05. The summed E-state index contributed by atoms with van der Waals surface area (Å²) >= 11 is 0. The van der Waals surface area contributed by atoms with Crippen LogP contribution in [-0.2, 0) is 22.4 Å². The van der Waals surface area contributed by atoms with Crippen LogP contribution in [0.3, 0.4) is 0 Å². The van der Waals surface area contributed by atoms with Crippen LogP contribution in [0.2, 0.25) is 0 Å². The van der Waals surface area contributed by atoms with Gasteiger partial charge in [0, 0.05) is 0 Å². The van der Waals surface area contributed by atoms with E-state index in [-0.39, 0.29) is 6.42 Å². The molecular weight excluding hydrogens is 256 g/mol. The fourth-order valence-electron chi connectivity index (χ4n) is 1.89. The molecule has 0 radical (unpaired) electrons. The lowest BCUT2D eigenvalue weighted by molar-refractivity contribution is -0.154. The Kier molecular flexibility index (Phi) is 9.09. The van der Waals surface area contributed by atoms with Gasteiger partial charge in [-0.3, -0.25) is 9.59 Å². The summed E-state index contributed by atoms with van der Waals surface area (Å²) in [6.07, 6.45) is 3.09. The van der Waals surface area contributed by atoms with Crippen LogP contribution >= 0.6 is 0 Å². The summed E-state index contributed by atoms with van der Waals surface area (Å²) in [5.74, 6) is -3.74. The van der Waals surface area contributed by atoms with E-state index in [4.69, 9.17) is 10.2 Å². The number of hydrogen-bond donors (Lipinski definition) is 2. The van der Waals surface area contributed by atoms with Gasteiger partial charge in [-0.1, -0.05) is 51.5 Å². The number of carbonyl (C=O) groups is 2. The Morgan fingerprint density at radius 2 is 1.35 bits per heavy atom. The van der Waals surface area contributed by atoms with E-state index in [1.54, 1.807) is 6.92 Å². The lowest BCUT2D eigenvalue weighted by Crippen LogP contribution is -2.22. The van der Waals surface area contributed by atoms with Gasteiger partial charge in [-0.25, -0.2) is 0 Å². The molecule has 4 heteroatoms.